The molecular formula is C65H78N8O10Si. The van der Waals surface area contributed by atoms with Crippen LogP contribution in [0.2, 0.25) is 19.1 Å². The Labute approximate surface area is 492 Å². The molecule has 2 heterocycles. The standard InChI is InChI=1S/C65H78N8O10Si/c1-41(71(5)63(80)83-65(2,3)4)57(74)70-54(62(79)73-40-84(6,7)39-56(73)61(78)69-53-26-16-22-45-20-12-14-24-51(45)53)35-42-27-33-48(34-28-42)66-58(75)46-29-31-47(32-30-46)59(76)67-49-36-55(72(37-49)64(81)82-38-43-17-9-8-10-18-43)60(77)68-52-25-15-21-44-19-11-13-23-50(44)52/h8-14,17-20,23-24,27-34,41,49,52-56H,15-16,21-22,25-26,35-40H2,1-7H3,(H,66,75)(H,67,76)(H,68,77)(H,69,78)(H,70,74)/t41-,49-,52+,53+,54-,55-,56-/m0/s1. The molecule has 2 saturated heterocycles. The number of aryl methyl sites for hydroxylation is 2. The zero-order valence-corrected chi connectivity index (χ0v) is 50.1. The first-order valence-electron chi connectivity index (χ1n) is 29.2. The van der Waals surface area contributed by atoms with Crippen molar-refractivity contribution in [1.82, 2.24) is 36.0 Å². The van der Waals surface area contributed by atoms with E-state index in [1.54, 1.807) is 56.9 Å². The van der Waals surface area contributed by atoms with Crippen LogP contribution >= 0.6 is 0 Å². The molecule has 5 N–H and O–H groups in total. The largest absolute Gasteiger partial charge is 0.445 e. The molecular weight excluding hydrogens is 1080 g/mol. The second-order valence-electron chi connectivity index (χ2n) is 24.5. The van der Waals surface area contributed by atoms with Crippen LogP contribution in [0.1, 0.15) is 126 Å². The van der Waals surface area contributed by atoms with Crippen LogP contribution in [-0.2, 0) is 54.5 Å². The minimum atomic E-state index is -2.11. The molecule has 0 unspecified atom stereocenters. The Morgan fingerprint density at radius 2 is 1.23 bits per heavy atom. The highest BCUT2D eigenvalue weighted by Gasteiger charge is 2.48. The van der Waals surface area contributed by atoms with Gasteiger partial charge in [0.05, 0.1) is 20.2 Å². The van der Waals surface area contributed by atoms with Gasteiger partial charge in [0.15, 0.2) is 0 Å². The lowest BCUT2D eigenvalue weighted by Gasteiger charge is -2.33. The van der Waals surface area contributed by atoms with Gasteiger partial charge in [0.25, 0.3) is 11.8 Å². The summed E-state index contributed by atoms with van der Waals surface area (Å²) in [5, 5.41) is 15.3. The normalized spacial score (nSPS) is 20.4. The second kappa shape index (κ2) is 26.1. The number of anilines is 1. The first-order valence-corrected chi connectivity index (χ1v) is 32.6. The third kappa shape index (κ3) is 14.9. The van der Waals surface area contributed by atoms with E-state index in [0.29, 0.717) is 23.5 Å². The lowest BCUT2D eigenvalue weighted by molar-refractivity contribution is -0.141. The van der Waals surface area contributed by atoms with Gasteiger partial charge >= 0.3 is 12.2 Å². The van der Waals surface area contributed by atoms with Crippen molar-refractivity contribution in [3.63, 3.8) is 0 Å². The first-order chi connectivity index (χ1) is 40.1. The summed E-state index contributed by atoms with van der Waals surface area (Å²) < 4.78 is 11.2. The van der Waals surface area contributed by atoms with Crippen molar-refractivity contribution in [3.05, 3.63) is 172 Å². The van der Waals surface area contributed by atoms with Crippen LogP contribution in [0.25, 0.3) is 0 Å². The Morgan fingerprint density at radius 1 is 0.667 bits per heavy atom. The van der Waals surface area contributed by atoms with Crippen LogP contribution < -0.4 is 26.6 Å². The molecule has 9 rings (SSSR count). The fraction of sp³-hybridized carbons (Fsp3) is 0.415. The fourth-order valence-electron chi connectivity index (χ4n) is 11.8. The molecule has 18 nitrogen and oxygen atoms in total. The smallest absolute Gasteiger partial charge is 0.410 e. The molecule has 2 fully saturated rings. The predicted molar refractivity (Wildman–Crippen MR) is 321 cm³/mol. The van der Waals surface area contributed by atoms with E-state index in [1.165, 1.54) is 52.2 Å². The summed E-state index contributed by atoms with van der Waals surface area (Å²) in [6.07, 6.45) is 4.50. The number of likely N-dealkylation sites (tertiary alicyclic amines) is 1. The molecule has 5 aromatic carbocycles. The van der Waals surface area contributed by atoms with Crippen LogP contribution in [0, 0.1) is 0 Å². The Kier molecular flexibility index (Phi) is 18.7. The number of ether oxygens (including phenoxy) is 2. The fourth-order valence-corrected chi connectivity index (χ4v) is 14.7. The summed E-state index contributed by atoms with van der Waals surface area (Å²) in [4.78, 5) is 116. The molecule has 0 aromatic heterocycles. The van der Waals surface area contributed by atoms with E-state index in [0.717, 1.165) is 55.2 Å². The molecule has 0 saturated carbocycles. The van der Waals surface area contributed by atoms with E-state index >= 15 is 0 Å². The van der Waals surface area contributed by atoms with E-state index in [2.05, 4.69) is 51.8 Å². The van der Waals surface area contributed by atoms with Crippen LogP contribution in [-0.4, -0.2) is 126 Å². The SMILES string of the molecule is C[C@@H](C(=O)N[C@@H](Cc1ccc(NC(=O)c2ccc(C(=O)N[C@H]3C[C@@H](C(=O)N[C@@H]4CCCc5ccccc54)N(C(=O)OCc4ccccc4)C3)cc2)cc1)C(=O)N1C[Si](C)(C)C[C@H]1C(=O)N[C@@H]1CCCc2ccccc21)N(C)C(=O)OC(C)(C)C. The number of amides is 8. The highest BCUT2D eigenvalue weighted by Crippen LogP contribution is 2.34. The van der Waals surface area contributed by atoms with Gasteiger partial charge in [-0.3, -0.25) is 38.6 Å². The average Bonchev–Trinajstić information content (AvgIpc) is 3.55. The van der Waals surface area contributed by atoms with E-state index in [1.807, 2.05) is 66.7 Å². The van der Waals surface area contributed by atoms with Gasteiger partial charge in [0, 0.05) is 49.0 Å². The average molecular weight is 1160 g/mol. The summed E-state index contributed by atoms with van der Waals surface area (Å²) >= 11 is 0. The Balaban J connectivity index is 0.847. The van der Waals surface area contributed by atoms with E-state index < -0.39 is 79.7 Å². The van der Waals surface area contributed by atoms with Gasteiger partial charge in [-0.1, -0.05) is 104 Å². The van der Waals surface area contributed by atoms with Gasteiger partial charge < -0.3 is 41.0 Å². The Morgan fingerprint density at radius 3 is 1.82 bits per heavy atom. The summed E-state index contributed by atoms with van der Waals surface area (Å²) in [5.74, 6) is -2.44. The van der Waals surface area contributed by atoms with Crippen molar-refractivity contribution in [2.45, 2.75) is 153 Å². The lowest BCUT2D eigenvalue weighted by Crippen LogP contribution is -2.57. The van der Waals surface area contributed by atoms with Crippen LogP contribution in [0.5, 0.6) is 0 Å². The monoisotopic (exact) mass is 1160 g/mol. The van der Waals surface area contributed by atoms with Crippen molar-refractivity contribution >= 4 is 61.4 Å². The first kappa shape index (κ1) is 60.3. The molecule has 5 aromatic rings. The lowest BCUT2D eigenvalue weighted by atomic mass is 9.87. The third-order valence-electron chi connectivity index (χ3n) is 16.4. The van der Waals surface area contributed by atoms with Gasteiger partial charge in [-0.2, -0.15) is 0 Å². The predicted octanol–water partition coefficient (Wildman–Crippen LogP) is 8.58. The minimum Gasteiger partial charge on any atom is -0.445 e. The number of likely N-dealkylation sites (N-methyl/N-ethyl adjacent to an activating group) is 1. The number of fused-ring (bicyclic) bond motifs is 2. The molecule has 0 bridgehead atoms. The van der Waals surface area contributed by atoms with Crippen molar-refractivity contribution in [2.24, 2.45) is 0 Å². The van der Waals surface area contributed by atoms with Crippen LogP contribution in [0.15, 0.2) is 127 Å². The maximum absolute atomic E-state index is 15.0. The Hall–Kier alpha value is -8.32. The topological polar surface area (TPSA) is 225 Å². The molecule has 442 valence electrons. The maximum atomic E-state index is 15.0. The number of nitrogens with one attached hydrogen (secondary N) is 5. The van der Waals surface area contributed by atoms with Crippen molar-refractivity contribution in [2.75, 3.05) is 25.1 Å². The number of hydrogen-bond acceptors (Lipinski definition) is 10. The molecule has 2 aliphatic carbocycles. The van der Waals surface area contributed by atoms with Gasteiger partial charge in [0.1, 0.15) is 36.4 Å². The highest BCUT2D eigenvalue weighted by molar-refractivity contribution is 6.79. The number of benzene rings is 5. The zero-order valence-electron chi connectivity index (χ0n) is 49.1. The van der Waals surface area contributed by atoms with E-state index in [9.17, 15) is 38.4 Å². The summed E-state index contributed by atoms with van der Waals surface area (Å²) in [6.45, 7) is 11.1. The summed E-state index contributed by atoms with van der Waals surface area (Å²) in [6, 6.07) is 34.2. The minimum absolute atomic E-state index is 0.0185. The molecule has 4 aliphatic rings. The Bertz CT molecular complexity index is 3240. The van der Waals surface area contributed by atoms with Gasteiger partial charge in [0.2, 0.25) is 23.6 Å². The van der Waals surface area contributed by atoms with E-state index in [4.69, 9.17) is 9.47 Å². The maximum Gasteiger partial charge on any atom is 0.410 e. The van der Waals surface area contributed by atoms with Gasteiger partial charge in [-0.25, -0.2) is 9.59 Å². The molecule has 8 amide bonds. The van der Waals surface area contributed by atoms with Gasteiger partial charge in [-0.05, 0) is 148 Å². The van der Waals surface area contributed by atoms with Crippen LogP contribution in [0.3, 0.4) is 0 Å². The van der Waals surface area contributed by atoms with E-state index in [-0.39, 0.29) is 61.0 Å². The number of carbonyl (C=O) groups is 8. The molecule has 0 radical (unpaired) electrons. The highest BCUT2D eigenvalue weighted by atomic mass is 28.3. The quantitative estimate of drug-likeness (QED) is 0.0592. The second-order valence-corrected chi connectivity index (χ2v) is 29.6. The summed E-state index contributed by atoms with van der Waals surface area (Å²) in [5.41, 5.74) is 6.16. The van der Waals surface area contributed by atoms with Crippen LogP contribution in [0.4, 0.5) is 15.3 Å². The molecule has 7 atom stereocenters. The van der Waals surface area contributed by atoms with Crippen molar-refractivity contribution in [1.29, 1.82) is 0 Å². The number of carbonyl (C=O) groups excluding carboxylic acids is 8. The van der Waals surface area contributed by atoms with Crippen molar-refractivity contribution < 1.29 is 47.8 Å². The number of hydrogen-bond donors (Lipinski definition) is 5. The number of rotatable bonds is 16. The van der Waals surface area contributed by atoms with Crippen molar-refractivity contribution in [3.8, 4) is 0 Å². The number of nitrogens with zero attached hydrogens (tertiary/aromatic N) is 3. The summed E-state index contributed by atoms with van der Waals surface area (Å²) in [7, 11) is -0.655. The molecule has 19 heteroatoms. The zero-order chi connectivity index (χ0) is 59.9. The molecule has 2 aliphatic heterocycles. The van der Waals surface area contributed by atoms with Gasteiger partial charge in [-0.15, -0.1) is 0 Å². The molecule has 0 spiro atoms. The molecule has 84 heavy (non-hydrogen) atoms. The third-order valence-corrected chi connectivity index (χ3v) is 19.1.